The summed E-state index contributed by atoms with van der Waals surface area (Å²) in [6.07, 6.45) is 1.57. The summed E-state index contributed by atoms with van der Waals surface area (Å²) in [6, 6.07) is 3.88. The molecule has 94 valence electrons. The molecular formula is C13H13FN2O2. The SMILES string of the molecule is O=C1C(=O)N(C2CCNCC2)c2cc(F)ccc21. The van der Waals surface area contributed by atoms with E-state index in [4.69, 9.17) is 0 Å². The fourth-order valence-corrected chi connectivity index (χ4v) is 2.66. The Labute approximate surface area is 104 Å². The minimum absolute atomic E-state index is 0.00856. The number of benzene rings is 1. The summed E-state index contributed by atoms with van der Waals surface area (Å²) in [4.78, 5) is 25.3. The second-order valence-electron chi connectivity index (χ2n) is 4.65. The van der Waals surface area contributed by atoms with Crippen molar-refractivity contribution in [1.82, 2.24) is 5.32 Å². The van der Waals surface area contributed by atoms with Gasteiger partial charge in [0.05, 0.1) is 11.3 Å². The van der Waals surface area contributed by atoms with E-state index in [2.05, 4.69) is 5.32 Å². The smallest absolute Gasteiger partial charge is 0.299 e. The Bertz CT molecular complexity index is 524. The van der Waals surface area contributed by atoms with Crippen molar-refractivity contribution in [1.29, 1.82) is 0 Å². The summed E-state index contributed by atoms with van der Waals surface area (Å²) in [6.45, 7) is 1.63. The Kier molecular flexibility index (Phi) is 2.63. The molecule has 1 fully saturated rings. The molecule has 5 heteroatoms. The predicted molar refractivity (Wildman–Crippen MR) is 64.1 cm³/mol. The molecule has 1 amide bonds. The first-order valence-corrected chi connectivity index (χ1v) is 6.06. The fourth-order valence-electron chi connectivity index (χ4n) is 2.66. The Morgan fingerprint density at radius 3 is 2.67 bits per heavy atom. The van der Waals surface area contributed by atoms with Gasteiger partial charge in [-0.25, -0.2) is 4.39 Å². The molecule has 1 aromatic rings. The van der Waals surface area contributed by atoms with Crippen LogP contribution in [0.2, 0.25) is 0 Å². The maximum Gasteiger partial charge on any atom is 0.299 e. The number of halogens is 1. The van der Waals surface area contributed by atoms with Gasteiger partial charge in [-0.2, -0.15) is 0 Å². The minimum Gasteiger partial charge on any atom is -0.317 e. The number of hydrogen-bond donors (Lipinski definition) is 1. The van der Waals surface area contributed by atoms with Gasteiger partial charge in [-0.05, 0) is 44.1 Å². The van der Waals surface area contributed by atoms with Gasteiger partial charge in [-0.3, -0.25) is 9.59 Å². The average Bonchev–Trinajstić information content (AvgIpc) is 2.63. The van der Waals surface area contributed by atoms with Crippen molar-refractivity contribution in [3.63, 3.8) is 0 Å². The number of carbonyl (C=O) groups is 2. The number of Topliss-reactive ketones (excluding diaryl/α,β-unsaturated/α-hetero) is 1. The van der Waals surface area contributed by atoms with Gasteiger partial charge in [0.15, 0.2) is 0 Å². The van der Waals surface area contributed by atoms with Crippen LogP contribution in [0.15, 0.2) is 18.2 Å². The number of rotatable bonds is 1. The largest absolute Gasteiger partial charge is 0.317 e. The monoisotopic (exact) mass is 248 g/mol. The first kappa shape index (κ1) is 11.3. The standard InChI is InChI=1S/C13H13FN2O2/c14-8-1-2-10-11(7-8)16(13(18)12(10)17)9-3-5-15-6-4-9/h1-2,7,9,15H,3-6H2. The Morgan fingerprint density at radius 1 is 1.22 bits per heavy atom. The second-order valence-corrected chi connectivity index (χ2v) is 4.65. The highest BCUT2D eigenvalue weighted by molar-refractivity contribution is 6.52. The third-order valence-electron chi connectivity index (χ3n) is 3.55. The quantitative estimate of drug-likeness (QED) is 0.757. The van der Waals surface area contributed by atoms with E-state index in [0.717, 1.165) is 25.9 Å². The first-order chi connectivity index (χ1) is 8.68. The topological polar surface area (TPSA) is 49.4 Å². The molecule has 1 saturated heterocycles. The van der Waals surface area contributed by atoms with Crippen molar-refractivity contribution < 1.29 is 14.0 Å². The van der Waals surface area contributed by atoms with E-state index in [1.807, 2.05) is 0 Å². The number of amides is 1. The molecule has 0 bridgehead atoms. The summed E-state index contributed by atoms with van der Waals surface area (Å²) in [5, 5.41) is 3.20. The molecule has 1 N–H and O–H groups in total. The molecule has 2 aliphatic rings. The molecule has 1 aromatic carbocycles. The molecule has 18 heavy (non-hydrogen) atoms. The van der Waals surface area contributed by atoms with E-state index in [1.165, 1.54) is 23.1 Å². The summed E-state index contributed by atoms with van der Waals surface area (Å²) >= 11 is 0. The number of piperidine rings is 1. The van der Waals surface area contributed by atoms with E-state index >= 15 is 0 Å². The van der Waals surface area contributed by atoms with Crippen LogP contribution in [0.3, 0.4) is 0 Å². The lowest BCUT2D eigenvalue weighted by molar-refractivity contribution is -0.114. The van der Waals surface area contributed by atoms with Gasteiger partial charge < -0.3 is 10.2 Å². The third-order valence-corrected chi connectivity index (χ3v) is 3.55. The normalized spacial score (nSPS) is 20.4. The van der Waals surface area contributed by atoms with Crippen LogP contribution in [0.5, 0.6) is 0 Å². The van der Waals surface area contributed by atoms with Crippen molar-refractivity contribution in [3.8, 4) is 0 Å². The average molecular weight is 248 g/mol. The Hall–Kier alpha value is -1.75. The summed E-state index contributed by atoms with van der Waals surface area (Å²) in [5.41, 5.74) is 0.747. The zero-order valence-corrected chi connectivity index (χ0v) is 9.78. The minimum atomic E-state index is -0.525. The van der Waals surface area contributed by atoms with Crippen LogP contribution in [-0.4, -0.2) is 30.8 Å². The van der Waals surface area contributed by atoms with E-state index in [1.54, 1.807) is 0 Å². The number of carbonyl (C=O) groups excluding carboxylic acids is 2. The lowest BCUT2D eigenvalue weighted by Gasteiger charge is -2.31. The Balaban J connectivity index is 2.02. The maximum absolute atomic E-state index is 13.3. The molecule has 0 radical (unpaired) electrons. The highest BCUT2D eigenvalue weighted by Gasteiger charge is 2.40. The molecule has 0 aliphatic carbocycles. The van der Waals surface area contributed by atoms with Gasteiger partial charge in [0, 0.05) is 6.04 Å². The number of fused-ring (bicyclic) bond motifs is 1. The maximum atomic E-state index is 13.3. The van der Waals surface area contributed by atoms with E-state index in [9.17, 15) is 14.0 Å². The van der Waals surface area contributed by atoms with Crippen LogP contribution in [0, 0.1) is 5.82 Å². The van der Waals surface area contributed by atoms with Crippen LogP contribution in [-0.2, 0) is 4.79 Å². The zero-order valence-electron chi connectivity index (χ0n) is 9.78. The fraction of sp³-hybridized carbons (Fsp3) is 0.385. The van der Waals surface area contributed by atoms with Gasteiger partial charge in [0.25, 0.3) is 11.7 Å². The molecule has 0 unspecified atom stereocenters. The molecule has 4 nitrogen and oxygen atoms in total. The molecular weight excluding hydrogens is 235 g/mol. The Morgan fingerprint density at radius 2 is 1.94 bits per heavy atom. The van der Waals surface area contributed by atoms with Crippen LogP contribution >= 0.6 is 0 Å². The van der Waals surface area contributed by atoms with Crippen molar-refractivity contribution in [2.45, 2.75) is 18.9 Å². The number of anilines is 1. The van der Waals surface area contributed by atoms with E-state index in [-0.39, 0.29) is 6.04 Å². The molecule has 2 aliphatic heterocycles. The lowest BCUT2D eigenvalue weighted by atomic mass is 10.0. The summed E-state index contributed by atoms with van der Waals surface area (Å²) in [5.74, 6) is -1.47. The predicted octanol–water partition coefficient (Wildman–Crippen LogP) is 1.11. The second kappa shape index (κ2) is 4.17. The number of nitrogens with one attached hydrogen (secondary N) is 1. The highest BCUT2D eigenvalue weighted by Crippen LogP contribution is 2.33. The van der Waals surface area contributed by atoms with Crippen molar-refractivity contribution in [2.24, 2.45) is 0 Å². The highest BCUT2D eigenvalue weighted by atomic mass is 19.1. The van der Waals surface area contributed by atoms with Crippen LogP contribution in [0.1, 0.15) is 23.2 Å². The third kappa shape index (κ3) is 1.62. The van der Waals surface area contributed by atoms with Crippen LogP contribution < -0.4 is 10.2 Å². The lowest BCUT2D eigenvalue weighted by Crippen LogP contribution is -2.45. The molecule has 0 atom stereocenters. The van der Waals surface area contributed by atoms with Crippen molar-refractivity contribution in [3.05, 3.63) is 29.6 Å². The number of nitrogens with zero attached hydrogens (tertiary/aromatic N) is 1. The summed E-state index contributed by atoms with van der Waals surface area (Å²) < 4.78 is 13.3. The van der Waals surface area contributed by atoms with Gasteiger partial charge >= 0.3 is 0 Å². The number of hydrogen-bond acceptors (Lipinski definition) is 3. The molecule has 3 rings (SSSR count). The van der Waals surface area contributed by atoms with E-state index < -0.39 is 17.5 Å². The molecule has 0 aromatic heterocycles. The van der Waals surface area contributed by atoms with Crippen LogP contribution in [0.4, 0.5) is 10.1 Å². The summed E-state index contributed by atoms with van der Waals surface area (Å²) in [7, 11) is 0. The van der Waals surface area contributed by atoms with Gasteiger partial charge in [0.2, 0.25) is 0 Å². The van der Waals surface area contributed by atoms with Crippen molar-refractivity contribution >= 4 is 17.4 Å². The first-order valence-electron chi connectivity index (χ1n) is 6.06. The van der Waals surface area contributed by atoms with Crippen molar-refractivity contribution in [2.75, 3.05) is 18.0 Å². The van der Waals surface area contributed by atoms with Gasteiger partial charge in [0.1, 0.15) is 5.82 Å². The van der Waals surface area contributed by atoms with Gasteiger partial charge in [-0.15, -0.1) is 0 Å². The molecule has 0 spiro atoms. The van der Waals surface area contributed by atoms with E-state index in [0.29, 0.717) is 11.3 Å². The zero-order chi connectivity index (χ0) is 12.7. The molecule has 0 saturated carbocycles. The van der Waals surface area contributed by atoms with Crippen LogP contribution in [0.25, 0.3) is 0 Å². The number of ketones is 1. The molecule has 2 heterocycles. The van der Waals surface area contributed by atoms with Gasteiger partial charge in [-0.1, -0.05) is 0 Å².